The van der Waals surface area contributed by atoms with Crippen molar-refractivity contribution in [3.8, 4) is 0 Å². The highest BCUT2D eigenvalue weighted by atomic mass is 33.1. The number of fused-ring (bicyclic) bond motifs is 1. The number of guanidine groups is 1. The predicted octanol–water partition coefficient (Wildman–Crippen LogP) is -2.29. The number of aryl methyl sites for hydroxylation is 1. The van der Waals surface area contributed by atoms with Crippen molar-refractivity contribution in [2.75, 3.05) is 110 Å². The minimum Gasteiger partial charge on any atom is -0.481 e. The second-order valence-electron chi connectivity index (χ2n) is 36.4. The van der Waals surface area contributed by atoms with Gasteiger partial charge in [0.25, 0.3) is 0 Å². The quantitative estimate of drug-likeness (QED) is 0.0122. The molecule has 0 saturated carbocycles. The number of nitrogens with one attached hydrogen (secondary N) is 17. The SMILES string of the molecule is CC(=O)N[C@H]1CCSSCC[C@@H](C(=O)N2CCC[C@H]2C(=O)N2CCC[C@H]2C(=O)N[C@@H](CCCCN)C(=O)N[C@@H](CC(=O)O)C(=O)N[C@@H](CNC(=O)CN(CC(=O)O)CC(=O)O)C(=O)N[C@@H](CCCCNC(=O)COCCOCCNC(=O)CCCCCCCCCCCCCCCc2nnn[nH]2)C(N)=O)NC(=O)[C@H](Cc2c[nH]c3ccccc23)NC(=O)[C@H](CCCNC(=N)N)NC(=O)CNC(=O)[C@H](CC2=CCC=N2)NC1=O. The Morgan fingerprint density at radius 2 is 1.18 bits per heavy atom. The van der Waals surface area contributed by atoms with E-state index in [0.29, 0.717) is 46.4 Å². The molecule has 147 heavy (non-hydrogen) atoms. The van der Waals surface area contributed by atoms with Crippen molar-refractivity contribution in [1.82, 2.24) is 115 Å². The summed E-state index contributed by atoms with van der Waals surface area (Å²) in [5.41, 5.74) is 18.9. The molecule has 51 nitrogen and oxygen atoms in total. The van der Waals surface area contributed by atoms with Gasteiger partial charge < -0.3 is 131 Å². The molecule has 6 heterocycles. The molecule has 26 N–H and O–H groups in total. The number of hydrogen-bond donors (Lipinski definition) is 23. The molecule has 3 aromatic rings. The van der Waals surface area contributed by atoms with E-state index in [2.05, 4.69) is 105 Å². The molecule has 4 aliphatic heterocycles. The van der Waals surface area contributed by atoms with Crippen molar-refractivity contribution in [3.05, 3.63) is 53.6 Å². The van der Waals surface area contributed by atoms with Gasteiger partial charge in [0.2, 0.25) is 94.5 Å². The Bertz CT molecular complexity index is 4880. The average molecular weight is 2100 g/mol. The molecule has 53 heteroatoms. The Labute approximate surface area is 859 Å². The first-order valence-electron chi connectivity index (χ1n) is 50.4. The van der Waals surface area contributed by atoms with E-state index in [9.17, 15) is 92.0 Å². The van der Waals surface area contributed by atoms with Gasteiger partial charge in [-0.1, -0.05) is 116 Å². The smallest absolute Gasteiger partial charge is 0.317 e. The van der Waals surface area contributed by atoms with Crippen LogP contribution in [0.5, 0.6) is 0 Å². The number of aliphatic imine (C=N–C) groups is 1. The number of benzene rings is 1. The molecule has 3 fully saturated rings. The Kier molecular flexibility index (Phi) is 55.7. The summed E-state index contributed by atoms with van der Waals surface area (Å²) in [7, 11) is 2.50. The summed E-state index contributed by atoms with van der Waals surface area (Å²) >= 11 is 0. The van der Waals surface area contributed by atoms with Gasteiger partial charge in [0.15, 0.2) is 5.96 Å². The van der Waals surface area contributed by atoms with Gasteiger partial charge in [-0.3, -0.25) is 106 Å². The number of nitrogens with zero attached hydrogens (tertiary/aromatic N) is 7. The second kappa shape index (κ2) is 67.7. The average Bonchev–Trinajstić information content (AvgIpc) is 1.65. The summed E-state index contributed by atoms with van der Waals surface area (Å²) in [6, 6.07) is -9.52. The zero-order chi connectivity index (χ0) is 107. The molecule has 814 valence electrons. The molecule has 0 unspecified atom stereocenters. The van der Waals surface area contributed by atoms with Crippen LogP contribution in [0.1, 0.15) is 217 Å². The Balaban J connectivity index is 0.977. The van der Waals surface area contributed by atoms with E-state index in [0.717, 1.165) is 44.3 Å². The lowest BCUT2D eigenvalue weighted by molar-refractivity contribution is -0.148. The number of nitrogens with two attached hydrogens (primary N) is 3. The van der Waals surface area contributed by atoms with Gasteiger partial charge in [-0.2, -0.15) is 0 Å². The maximum Gasteiger partial charge on any atom is 0.317 e. The lowest BCUT2D eigenvalue weighted by Crippen LogP contribution is -2.61. The number of aliphatic carboxylic acids is 3. The lowest BCUT2D eigenvalue weighted by atomic mass is 10.0. The number of para-hydroxylation sites is 1. The number of carbonyl (C=O) groups is 19. The Morgan fingerprint density at radius 1 is 0.578 bits per heavy atom. The largest absolute Gasteiger partial charge is 0.481 e. The van der Waals surface area contributed by atoms with Gasteiger partial charge in [0, 0.05) is 119 Å². The molecule has 0 aliphatic carbocycles. The van der Waals surface area contributed by atoms with Gasteiger partial charge in [0.1, 0.15) is 78.9 Å². The predicted molar refractivity (Wildman–Crippen MR) is 540 cm³/mol. The fourth-order valence-electron chi connectivity index (χ4n) is 17.1. The number of amides is 16. The van der Waals surface area contributed by atoms with E-state index in [1.807, 2.05) is 0 Å². The fourth-order valence-corrected chi connectivity index (χ4v) is 19.3. The minimum atomic E-state index is -2.11. The number of ether oxygens (including phenoxy) is 2. The highest BCUT2D eigenvalue weighted by molar-refractivity contribution is 8.76. The summed E-state index contributed by atoms with van der Waals surface area (Å²) in [4.78, 5) is 273. The van der Waals surface area contributed by atoms with Crippen LogP contribution in [0.2, 0.25) is 0 Å². The van der Waals surface area contributed by atoms with E-state index in [1.165, 1.54) is 89.7 Å². The van der Waals surface area contributed by atoms with Crippen molar-refractivity contribution < 1.29 is 116 Å². The summed E-state index contributed by atoms with van der Waals surface area (Å²) in [6.45, 7) is -2.65. The molecule has 16 amide bonds. The number of carboxylic acid groups (broad SMARTS) is 3. The van der Waals surface area contributed by atoms with Crippen LogP contribution >= 0.6 is 21.6 Å². The summed E-state index contributed by atoms with van der Waals surface area (Å²) in [5, 5.41) is 87.7. The van der Waals surface area contributed by atoms with Crippen LogP contribution in [0.15, 0.2) is 47.2 Å². The minimum absolute atomic E-state index is 0.0138. The summed E-state index contributed by atoms with van der Waals surface area (Å²) in [6.07, 6.45) is 21.0. The van der Waals surface area contributed by atoms with Crippen LogP contribution in [-0.4, -0.2) is 357 Å². The highest BCUT2D eigenvalue weighted by Crippen LogP contribution is 2.30. The third-order valence-corrected chi connectivity index (χ3v) is 27.2. The molecule has 7 rings (SSSR count). The molecule has 0 spiro atoms. The van der Waals surface area contributed by atoms with Gasteiger partial charge in [0.05, 0.1) is 52.4 Å². The first-order valence-corrected chi connectivity index (χ1v) is 52.9. The van der Waals surface area contributed by atoms with E-state index >= 15 is 14.4 Å². The zero-order valence-electron chi connectivity index (χ0n) is 83.3. The van der Waals surface area contributed by atoms with Gasteiger partial charge >= 0.3 is 17.9 Å². The van der Waals surface area contributed by atoms with Crippen LogP contribution < -0.4 is 91.6 Å². The van der Waals surface area contributed by atoms with E-state index in [-0.39, 0.29) is 185 Å². The number of tetrazole rings is 1. The molecule has 0 radical (unpaired) electrons. The van der Waals surface area contributed by atoms with Gasteiger partial charge in [-0.15, -0.1) is 5.10 Å². The van der Waals surface area contributed by atoms with Crippen LogP contribution in [-0.2, 0) is 113 Å². The number of hydrogen-bond acceptors (Lipinski definition) is 30. The number of rotatable bonds is 63. The van der Waals surface area contributed by atoms with Crippen molar-refractivity contribution in [2.45, 2.75) is 285 Å². The van der Waals surface area contributed by atoms with Crippen LogP contribution in [0, 0.1) is 5.41 Å². The van der Waals surface area contributed by atoms with E-state index in [1.54, 1.807) is 42.8 Å². The molecule has 4 aliphatic rings. The fraction of sp³-hybridized carbons (Fsp3) is 0.660. The maximum atomic E-state index is 15.6. The zero-order valence-corrected chi connectivity index (χ0v) is 85.0. The second-order valence-corrected chi connectivity index (χ2v) is 39.1. The molecule has 2 aromatic heterocycles. The van der Waals surface area contributed by atoms with Crippen molar-refractivity contribution in [3.63, 3.8) is 0 Å². The number of aromatic amines is 2. The third kappa shape index (κ3) is 46.7. The Morgan fingerprint density at radius 3 is 1.84 bits per heavy atom. The van der Waals surface area contributed by atoms with Crippen molar-refractivity contribution >= 4 is 157 Å². The number of allylic oxidation sites excluding steroid dienone is 1. The maximum absolute atomic E-state index is 15.6. The highest BCUT2D eigenvalue weighted by Gasteiger charge is 2.46. The molecule has 3 saturated heterocycles. The number of aromatic nitrogens is 5. The van der Waals surface area contributed by atoms with Crippen molar-refractivity contribution in [2.24, 2.45) is 22.2 Å². The number of carboxylic acids is 3. The van der Waals surface area contributed by atoms with Crippen LogP contribution in [0.25, 0.3) is 10.9 Å². The van der Waals surface area contributed by atoms with Gasteiger partial charge in [-0.05, 0) is 131 Å². The molecule has 11 atom stereocenters. The number of likely N-dealkylation sites (tertiary alicyclic amines) is 2. The number of H-pyrrole nitrogens is 2. The van der Waals surface area contributed by atoms with Crippen LogP contribution in [0.4, 0.5) is 0 Å². The first kappa shape index (κ1) is 121. The number of carbonyl (C=O) groups excluding carboxylic acids is 16. The van der Waals surface area contributed by atoms with Gasteiger partial charge in [-0.25, -0.2) is 5.10 Å². The molecular weight excluding hydrogens is 1960 g/mol. The van der Waals surface area contributed by atoms with E-state index in [4.69, 9.17) is 32.1 Å². The molecule has 0 bridgehead atoms. The molecular formula is C94H147N27O24S2. The topological polar surface area (TPSA) is 766 Å². The van der Waals surface area contributed by atoms with Crippen molar-refractivity contribution in [1.29, 1.82) is 5.41 Å². The normalized spacial score (nSPS) is 18.9. The summed E-state index contributed by atoms with van der Waals surface area (Å²) < 4.78 is 11.0. The lowest BCUT2D eigenvalue weighted by Gasteiger charge is -2.34. The standard InChI is InChI=1S/C94H147N27O24S2/c1-59(122)106-67-35-47-146-147-48-36-68(110-88(138)69(49-60-52-103-63-27-16-15-26-62(60)63)111-85(135)65(30-22-40-102-94(97)98)107-77(124)54-105-84(134)70(112-87(67)137)50-61-25-21-39-99-61)92(142)121-43-24-32-74(121)93(143)120-42-23-31-73(120)91(141)109-66(29-17-19-37-95)86(136)113-71(51-80(127)128)89(139)114-72(53-104-78(125)55-119(56-81(129)130)57-82(131)132)90(140)108-64(83(96)133)28-18-20-38-100-79(126)58-145-46-45-144-44-41-101-76(123)34-14-12-10-8-6-4-2-3-5-7-9-11-13-33-75-115-117-118-116-75/h15-16,25-27,39,52,64-74,103H,2-14,17-24,28-38,40-51,53-58,95H2,1H3,(H2,96,133)(H,100,126)(H,101,123)(H,104,125)(H,105,134)(H,106,122)(H,107,124)(H,108,140)(H,109,141)(H,110,138)(H,111,135)(H,112,137)(H,113,136)(H,114,139)(H,127,128)(H,129,130)(H,131,132)(H4,97,98,102)(H,115,116,117,118)/t64-,65-,66-,67-,68-,69-,70-,71-,72-,73-,74-/m0/s1. The third-order valence-electron chi connectivity index (χ3n) is 24.7. The number of unbranched alkanes of at least 4 members (excludes halogenated alkanes) is 14. The monoisotopic (exact) mass is 2100 g/mol. The first-order chi connectivity index (χ1) is 70.7. The Hall–Kier alpha value is -13.0. The van der Waals surface area contributed by atoms with Crippen LogP contribution in [0.3, 0.4) is 0 Å². The summed E-state index contributed by atoms with van der Waals surface area (Å²) in [5.74, 6) is -17.5. The molecule has 1 aromatic carbocycles. The number of primary amides is 1. The van der Waals surface area contributed by atoms with E-state index < -0.39 is 212 Å².